The lowest BCUT2D eigenvalue weighted by atomic mass is 9.43. The minimum atomic E-state index is -1.11. The van der Waals surface area contributed by atoms with Crippen molar-refractivity contribution < 1.29 is 44.7 Å². The summed E-state index contributed by atoms with van der Waals surface area (Å²) in [6.45, 7) is 5.75. The second-order valence-electron chi connectivity index (χ2n) is 12.1. The van der Waals surface area contributed by atoms with Crippen LogP contribution in [0.3, 0.4) is 0 Å². The van der Waals surface area contributed by atoms with Crippen molar-refractivity contribution in [3.63, 3.8) is 0 Å². The number of carbonyl (C=O) groups is 4. The molecule has 0 heterocycles. The zero-order valence-electron chi connectivity index (χ0n) is 21.7. The van der Waals surface area contributed by atoms with Crippen molar-refractivity contribution in [2.45, 2.75) is 85.0 Å². The number of ketones is 2. The number of fused-ring (bicyclic) bond motifs is 5. The van der Waals surface area contributed by atoms with E-state index in [-0.39, 0.29) is 61.6 Å². The van der Waals surface area contributed by atoms with Gasteiger partial charge in [0.15, 0.2) is 5.76 Å². The zero-order valence-corrected chi connectivity index (χ0v) is 21.7. The van der Waals surface area contributed by atoms with Gasteiger partial charge in [-0.1, -0.05) is 13.8 Å². The van der Waals surface area contributed by atoms with Gasteiger partial charge in [0.05, 0.1) is 5.41 Å². The number of hydrogen-bond donors (Lipinski definition) is 5. The van der Waals surface area contributed by atoms with Crippen LogP contribution in [0.25, 0.3) is 0 Å². The number of aliphatic hydroxyl groups is 3. The van der Waals surface area contributed by atoms with Crippen LogP contribution >= 0.6 is 0 Å². The smallest absolute Gasteiger partial charge is 0.303 e. The largest absolute Gasteiger partial charge is 0.507 e. The molecule has 37 heavy (non-hydrogen) atoms. The molecule has 4 rings (SSSR count). The summed E-state index contributed by atoms with van der Waals surface area (Å²) in [6, 6.07) is 0. The maximum Gasteiger partial charge on any atom is 0.303 e. The van der Waals surface area contributed by atoms with E-state index in [1.807, 2.05) is 6.92 Å². The summed E-state index contributed by atoms with van der Waals surface area (Å²) < 4.78 is 0. The Morgan fingerprint density at radius 2 is 1.51 bits per heavy atom. The molecule has 0 amide bonds. The SMILES string of the molecule is CC1C[C@@H]2[C@H](CC[C@@]3(C)[C@H]2CC[C@]3(CCC(=O)O)C(=O)CCCC(=O)O)[C@@]2(C)C(O)=C(O)C(=O)C(O)=C12. The average molecular weight is 519 g/mol. The fourth-order valence-electron chi connectivity index (χ4n) is 9.04. The molecule has 0 saturated heterocycles. The lowest BCUT2D eigenvalue weighted by Crippen LogP contribution is -2.56. The molecule has 9 heteroatoms. The monoisotopic (exact) mass is 518 g/mol. The van der Waals surface area contributed by atoms with Crippen molar-refractivity contribution in [3.8, 4) is 0 Å². The van der Waals surface area contributed by atoms with Crippen molar-refractivity contribution in [1.29, 1.82) is 0 Å². The number of carboxylic acids is 2. The molecule has 1 unspecified atom stereocenters. The van der Waals surface area contributed by atoms with Gasteiger partial charge in [0.2, 0.25) is 5.76 Å². The Morgan fingerprint density at radius 3 is 2.14 bits per heavy atom. The molecular weight excluding hydrogens is 480 g/mol. The molecule has 0 radical (unpaired) electrons. The maximum absolute atomic E-state index is 13.8. The maximum atomic E-state index is 13.8. The first kappa shape index (κ1) is 27.2. The van der Waals surface area contributed by atoms with E-state index in [0.29, 0.717) is 37.7 Å². The second-order valence-corrected chi connectivity index (χ2v) is 12.1. The van der Waals surface area contributed by atoms with Crippen LogP contribution < -0.4 is 0 Å². The molecule has 0 aromatic heterocycles. The normalized spacial score (nSPS) is 39.2. The van der Waals surface area contributed by atoms with E-state index in [9.17, 15) is 39.6 Å². The van der Waals surface area contributed by atoms with Gasteiger partial charge in [0.1, 0.15) is 11.5 Å². The predicted molar refractivity (Wildman–Crippen MR) is 132 cm³/mol. The minimum absolute atomic E-state index is 0.0250. The number of allylic oxidation sites excluding steroid dienone is 1. The van der Waals surface area contributed by atoms with Crippen molar-refractivity contribution in [3.05, 3.63) is 22.9 Å². The highest BCUT2D eigenvalue weighted by Gasteiger charge is 2.68. The average Bonchev–Trinajstić information content (AvgIpc) is 3.13. The van der Waals surface area contributed by atoms with Gasteiger partial charge in [-0.3, -0.25) is 19.2 Å². The Labute approximate surface area is 216 Å². The summed E-state index contributed by atoms with van der Waals surface area (Å²) in [6.07, 6.45) is 3.28. The van der Waals surface area contributed by atoms with E-state index in [2.05, 4.69) is 6.92 Å². The Bertz CT molecular complexity index is 1100. The zero-order chi connectivity index (χ0) is 27.5. The van der Waals surface area contributed by atoms with Gasteiger partial charge < -0.3 is 25.5 Å². The fraction of sp³-hybridized carbons (Fsp3) is 0.714. The van der Waals surface area contributed by atoms with Gasteiger partial charge in [-0.15, -0.1) is 0 Å². The lowest BCUT2D eigenvalue weighted by molar-refractivity contribution is -0.148. The number of aliphatic carboxylic acids is 2. The number of rotatable bonds is 8. The van der Waals surface area contributed by atoms with Crippen LogP contribution in [0.5, 0.6) is 0 Å². The molecule has 4 aliphatic carbocycles. The summed E-state index contributed by atoms with van der Waals surface area (Å²) in [5.74, 6) is -5.03. The Morgan fingerprint density at radius 1 is 0.892 bits per heavy atom. The fourth-order valence-corrected chi connectivity index (χ4v) is 9.04. The third-order valence-corrected chi connectivity index (χ3v) is 10.7. The predicted octanol–water partition coefficient (Wildman–Crippen LogP) is 4.87. The van der Waals surface area contributed by atoms with E-state index in [1.165, 1.54) is 0 Å². The summed E-state index contributed by atoms with van der Waals surface area (Å²) in [5, 5.41) is 50.7. The van der Waals surface area contributed by atoms with Crippen LogP contribution in [0.1, 0.15) is 85.0 Å². The van der Waals surface area contributed by atoms with E-state index < -0.39 is 51.2 Å². The Hall–Kier alpha value is -2.84. The molecule has 0 aliphatic heterocycles. The van der Waals surface area contributed by atoms with Gasteiger partial charge in [-0.25, -0.2) is 0 Å². The first-order valence-electron chi connectivity index (χ1n) is 13.3. The van der Waals surface area contributed by atoms with Crippen LogP contribution in [0, 0.1) is 39.9 Å². The van der Waals surface area contributed by atoms with Crippen molar-refractivity contribution in [2.75, 3.05) is 0 Å². The number of carboxylic acid groups (broad SMARTS) is 2. The summed E-state index contributed by atoms with van der Waals surface area (Å²) in [5.41, 5.74) is -2.03. The number of carbonyl (C=O) groups excluding carboxylic acids is 2. The van der Waals surface area contributed by atoms with E-state index in [1.54, 1.807) is 6.92 Å². The molecule has 0 aromatic carbocycles. The van der Waals surface area contributed by atoms with Crippen LogP contribution in [-0.4, -0.2) is 49.0 Å². The standard InChI is InChI=1S/C28H38O9/c1-14-13-15-16-8-11-28(12-9-20(32)33,18(29)5-4-6-19(30)31)26(16,2)10-7-17(15)27(3)21(14)22(34)23(35)24(36)25(27)37/h14-17,34,36-37H,4-13H2,1-3H3,(H,30,31)(H,32,33)/t14?,15-,16-,17-,26-,27+,28-/m0/s1. The first-order chi connectivity index (χ1) is 17.2. The topological polar surface area (TPSA) is 169 Å². The highest BCUT2D eigenvalue weighted by Crippen LogP contribution is 2.72. The van der Waals surface area contributed by atoms with Crippen LogP contribution in [0.2, 0.25) is 0 Å². The molecule has 0 spiro atoms. The van der Waals surface area contributed by atoms with Crippen molar-refractivity contribution >= 4 is 23.5 Å². The van der Waals surface area contributed by atoms with Gasteiger partial charge in [-0.2, -0.15) is 0 Å². The first-order valence-corrected chi connectivity index (χ1v) is 13.3. The number of aliphatic hydroxyl groups excluding tert-OH is 3. The molecule has 7 atom stereocenters. The van der Waals surface area contributed by atoms with Crippen molar-refractivity contribution in [1.82, 2.24) is 0 Å². The molecule has 0 aromatic rings. The quantitative estimate of drug-likeness (QED) is 0.301. The summed E-state index contributed by atoms with van der Waals surface area (Å²) in [7, 11) is 0. The molecule has 3 fully saturated rings. The molecular formula is C28H38O9. The van der Waals surface area contributed by atoms with E-state index in [4.69, 9.17) is 5.11 Å². The number of hydrogen-bond acceptors (Lipinski definition) is 7. The summed E-state index contributed by atoms with van der Waals surface area (Å²) >= 11 is 0. The van der Waals surface area contributed by atoms with Crippen molar-refractivity contribution in [2.24, 2.45) is 39.9 Å². The molecule has 5 N–H and O–H groups in total. The second kappa shape index (κ2) is 9.17. The highest BCUT2D eigenvalue weighted by molar-refractivity contribution is 6.07. The van der Waals surface area contributed by atoms with Gasteiger partial charge in [0.25, 0.3) is 5.78 Å². The van der Waals surface area contributed by atoms with Gasteiger partial charge >= 0.3 is 11.9 Å². The molecule has 3 saturated carbocycles. The minimum Gasteiger partial charge on any atom is -0.507 e. The molecule has 204 valence electrons. The van der Waals surface area contributed by atoms with Gasteiger partial charge in [0, 0.05) is 24.7 Å². The lowest BCUT2D eigenvalue weighted by Gasteiger charge is -2.60. The highest BCUT2D eigenvalue weighted by atomic mass is 16.4. The third kappa shape index (κ3) is 3.79. The summed E-state index contributed by atoms with van der Waals surface area (Å²) in [4.78, 5) is 48.8. The third-order valence-electron chi connectivity index (χ3n) is 10.7. The van der Waals surface area contributed by atoms with Gasteiger partial charge in [-0.05, 0) is 86.5 Å². The van der Waals surface area contributed by atoms with Crippen LogP contribution in [0.15, 0.2) is 22.9 Å². The molecule has 9 nitrogen and oxygen atoms in total. The van der Waals surface area contributed by atoms with E-state index in [0.717, 1.165) is 0 Å². The number of Topliss-reactive ketones (excluding diaryl/α,β-unsaturated/α-hetero) is 2. The molecule has 0 bridgehead atoms. The molecule has 4 aliphatic rings. The van der Waals surface area contributed by atoms with E-state index >= 15 is 0 Å². The van der Waals surface area contributed by atoms with Crippen LogP contribution in [0.4, 0.5) is 0 Å². The van der Waals surface area contributed by atoms with Crippen LogP contribution in [-0.2, 0) is 19.2 Å². The Balaban J connectivity index is 1.73. The Kier molecular flexibility index (Phi) is 6.74.